The number of nitrogens with one attached hydrogen (secondary N) is 1. The van der Waals surface area contributed by atoms with Gasteiger partial charge in [-0.3, -0.25) is 4.99 Å². The lowest BCUT2D eigenvalue weighted by Crippen LogP contribution is -2.31. The van der Waals surface area contributed by atoms with Crippen LogP contribution in [0.3, 0.4) is 0 Å². The fraction of sp³-hybridized carbons (Fsp3) is 0.417. The van der Waals surface area contributed by atoms with E-state index in [4.69, 9.17) is 4.74 Å². The van der Waals surface area contributed by atoms with Crippen LogP contribution in [-0.2, 0) is 0 Å². The normalized spacial score (nSPS) is 15.8. The van der Waals surface area contributed by atoms with Gasteiger partial charge in [0.1, 0.15) is 11.6 Å². The second-order valence-corrected chi connectivity index (χ2v) is 3.91. The molecule has 1 N–H and O–H groups in total. The molecule has 1 aliphatic heterocycles. The molecule has 6 heteroatoms. The van der Waals surface area contributed by atoms with E-state index in [9.17, 15) is 13.2 Å². The highest BCUT2D eigenvalue weighted by Crippen LogP contribution is 2.22. The summed E-state index contributed by atoms with van der Waals surface area (Å²) < 4.78 is 41.2. The van der Waals surface area contributed by atoms with Gasteiger partial charge in [-0.05, 0) is 18.6 Å². The lowest BCUT2D eigenvalue weighted by Gasteiger charge is -2.18. The van der Waals surface area contributed by atoms with Crippen LogP contribution in [0.2, 0.25) is 0 Å². The van der Waals surface area contributed by atoms with Crippen molar-refractivity contribution in [3.63, 3.8) is 0 Å². The van der Waals surface area contributed by atoms with E-state index in [0.29, 0.717) is 17.9 Å². The predicted molar refractivity (Wildman–Crippen MR) is 62.0 cm³/mol. The van der Waals surface area contributed by atoms with Crippen molar-refractivity contribution in [2.24, 2.45) is 4.99 Å². The Hall–Kier alpha value is -1.72. The zero-order valence-electron chi connectivity index (χ0n) is 9.63. The standard InChI is InChI=1S/C12H13F3N2O/c13-12(14,15)8-18-10-5-2-1-4-9(10)11-16-6-3-7-17-11/h1-2,4-5H,3,6-8H2,(H,16,17). The van der Waals surface area contributed by atoms with Gasteiger partial charge in [0.25, 0.3) is 0 Å². The molecule has 0 bridgehead atoms. The Balaban J connectivity index is 2.17. The van der Waals surface area contributed by atoms with Crippen LogP contribution < -0.4 is 10.1 Å². The lowest BCUT2D eigenvalue weighted by molar-refractivity contribution is -0.153. The molecule has 3 nitrogen and oxygen atoms in total. The Morgan fingerprint density at radius 2 is 2.06 bits per heavy atom. The van der Waals surface area contributed by atoms with Crippen LogP contribution in [-0.4, -0.2) is 31.7 Å². The van der Waals surface area contributed by atoms with Gasteiger partial charge < -0.3 is 10.1 Å². The van der Waals surface area contributed by atoms with E-state index in [1.807, 2.05) is 0 Å². The zero-order chi connectivity index (χ0) is 13.0. The topological polar surface area (TPSA) is 33.6 Å². The van der Waals surface area contributed by atoms with Crippen molar-refractivity contribution in [2.45, 2.75) is 12.6 Å². The van der Waals surface area contributed by atoms with Gasteiger partial charge in [-0.2, -0.15) is 13.2 Å². The highest BCUT2D eigenvalue weighted by atomic mass is 19.4. The first-order chi connectivity index (χ1) is 8.56. The van der Waals surface area contributed by atoms with Gasteiger partial charge in [-0.25, -0.2) is 0 Å². The average Bonchev–Trinajstić information content (AvgIpc) is 2.37. The number of amidine groups is 1. The molecular weight excluding hydrogens is 245 g/mol. The molecule has 1 heterocycles. The van der Waals surface area contributed by atoms with Crippen LogP contribution in [0.15, 0.2) is 29.3 Å². The summed E-state index contributed by atoms with van der Waals surface area (Å²) in [6.45, 7) is 0.152. The molecule has 0 spiro atoms. The largest absolute Gasteiger partial charge is 0.483 e. The van der Waals surface area contributed by atoms with Crippen molar-refractivity contribution in [1.29, 1.82) is 0 Å². The van der Waals surface area contributed by atoms with Gasteiger partial charge >= 0.3 is 6.18 Å². The zero-order valence-corrected chi connectivity index (χ0v) is 9.63. The molecule has 0 saturated carbocycles. The van der Waals surface area contributed by atoms with Gasteiger partial charge in [0.2, 0.25) is 0 Å². The Labute approximate surface area is 103 Å². The summed E-state index contributed by atoms with van der Waals surface area (Å²) >= 11 is 0. The van der Waals surface area contributed by atoms with Crippen molar-refractivity contribution in [1.82, 2.24) is 5.32 Å². The van der Waals surface area contributed by atoms with E-state index in [1.165, 1.54) is 6.07 Å². The first kappa shape index (κ1) is 12.7. The second kappa shape index (κ2) is 5.29. The quantitative estimate of drug-likeness (QED) is 0.903. The molecule has 0 atom stereocenters. The van der Waals surface area contributed by atoms with Crippen molar-refractivity contribution >= 4 is 5.84 Å². The fourth-order valence-electron chi connectivity index (χ4n) is 1.66. The molecule has 0 saturated heterocycles. The number of aliphatic imine (C=N–C) groups is 1. The third-order valence-corrected chi connectivity index (χ3v) is 2.43. The maximum Gasteiger partial charge on any atom is 0.422 e. The molecule has 2 rings (SSSR count). The third-order valence-electron chi connectivity index (χ3n) is 2.43. The maximum atomic E-state index is 12.1. The molecule has 0 radical (unpaired) electrons. The molecule has 1 aliphatic rings. The molecule has 0 amide bonds. The number of para-hydroxylation sites is 1. The number of nitrogens with zero attached hydrogens (tertiary/aromatic N) is 1. The summed E-state index contributed by atoms with van der Waals surface area (Å²) in [6, 6.07) is 6.59. The van der Waals surface area contributed by atoms with E-state index in [1.54, 1.807) is 18.2 Å². The van der Waals surface area contributed by atoms with Crippen LogP contribution in [0, 0.1) is 0 Å². The van der Waals surface area contributed by atoms with Crippen LogP contribution in [0.5, 0.6) is 5.75 Å². The van der Waals surface area contributed by atoms with Gasteiger partial charge in [0.15, 0.2) is 6.61 Å². The molecule has 0 aromatic heterocycles. The van der Waals surface area contributed by atoms with Crippen molar-refractivity contribution in [3.8, 4) is 5.75 Å². The summed E-state index contributed by atoms with van der Waals surface area (Å²) in [4.78, 5) is 4.25. The smallest absolute Gasteiger partial charge is 0.422 e. The molecule has 18 heavy (non-hydrogen) atoms. The first-order valence-electron chi connectivity index (χ1n) is 5.63. The number of rotatable bonds is 3. The molecule has 1 aromatic rings. The first-order valence-corrected chi connectivity index (χ1v) is 5.63. The van der Waals surface area contributed by atoms with E-state index in [2.05, 4.69) is 10.3 Å². The summed E-state index contributed by atoms with van der Waals surface area (Å²) in [5.74, 6) is 0.794. The minimum absolute atomic E-state index is 0.197. The van der Waals surface area contributed by atoms with Gasteiger partial charge in [0.05, 0.1) is 5.56 Å². The number of benzene rings is 1. The molecule has 0 aliphatic carbocycles. The van der Waals surface area contributed by atoms with Crippen LogP contribution in [0.25, 0.3) is 0 Å². The molecule has 0 fully saturated rings. The van der Waals surface area contributed by atoms with Crippen molar-refractivity contribution in [2.75, 3.05) is 19.7 Å². The average molecular weight is 258 g/mol. The molecule has 0 unspecified atom stereocenters. The summed E-state index contributed by atoms with van der Waals surface area (Å²) in [6.07, 6.45) is -3.41. The number of halogens is 3. The summed E-state index contributed by atoms with van der Waals surface area (Å²) in [7, 11) is 0. The minimum Gasteiger partial charge on any atom is -0.483 e. The van der Waals surface area contributed by atoms with Crippen LogP contribution >= 0.6 is 0 Å². The SMILES string of the molecule is FC(F)(F)COc1ccccc1C1=NCCCN1. The van der Waals surface area contributed by atoms with Gasteiger partial charge in [0, 0.05) is 13.1 Å². The molecule has 1 aromatic carbocycles. The van der Waals surface area contributed by atoms with Gasteiger partial charge in [-0.15, -0.1) is 0 Å². The Bertz CT molecular complexity index is 443. The van der Waals surface area contributed by atoms with E-state index in [-0.39, 0.29) is 5.75 Å². The Kier molecular flexibility index (Phi) is 3.74. The molecular formula is C12H13F3N2O. The van der Waals surface area contributed by atoms with Crippen LogP contribution in [0.4, 0.5) is 13.2 Å². The van der Waals surface area contributed by atoms with E-state index >= 15 is 0 Å². The Morgan fingerprint density at radius 1 is 1.28 bits per heavy atom. The lowest BCUT2D eigenvalue weighted by atomic mass is 10.1. The summed E-state index contributed by atoms with van der Waals surface area (Å²) in [5.41, 5.74) is 0.571. The fourth-order valence-corrected chi connectivity index (χ4v) is 1.66. The summed E-state index contributed by atoms with van der Waals surface area (Å²) in [5, 5.41) is 3.06. The predicted octanol–water partition coefficient (Wildman–Crippen LogP) is 2.37. The van der Waals surface area contributed by atoms with Gasteiger partial charge in [-0.1, -0.05) is 12.1 Å². The van der Waals surface area contributed by atoms with Crippen LogP contribution in [0.1, 0.15) is 12.0 Å². The highest BCUT2D eigenvalue weighted by molar-refractivity contribution is 6.01. The van der Waals surface area contributed by atoms with E-state index < -0.39 is 12.8 Å². The number of hydrogen-bond donors (Lipinski definition) is 1. The minimum atomic E-state index is -4.34. The van der Waals surface area contributed by atoms with Crippen molar-refractivity contribution < 1.29 is 17.9 Å². The Morgan fingerprint density at radius 3 is 2.72 bits per heavy atom. The van der Waals surface area contributed by atoms with Crippen molar-refractivity contribution in [3.05, 3.63) is 29.8 Å². The number of hydrogen-bond acceptors (Lipinski definition) is 3. The number of alkyl halides is 3. The third kappa shape index (κ3) is 3.38. The highest BCUT2D eigenvalue weighted by Gasteiger charge is 2.29. The second-order valence-electron chi connectivity index (χ2n) is 3.91. The number of ether oxygens (including phenoxy) is 1. The maximum absolute atomic E-state index is 12.1. The molecule has 98 valence electrons. The monoisotopic (exact) mass is 258 g/mol. The van der Waals surface area contributed by atoms with E-state index in [0.717, 1.165) is 13.0 Å².